The third-order valence-electron chi connectivity index (χ3n) is 4.80. The second kappa shape index (κ2) is 8.31. The van der Waals surface area contributed by atoms with Crippen LogP contribution in [0.4, 0.5) is 17.3 Å². The maximum absolute atomic E-state index is 10.7. The molecule has 0 radical (unpaired) electrons. The number of anilines is 3. The number of nitrogens with zero attached hydrogens (tertiary/aromatic N) is 5. The van der Waals surface area contributed by atoms with Gasteiger partial charge in [0.05, 0.1) is 30.1 Å². The van der Waals surface area contributed by atoms with Crippen molar-refractivity contribution >= 4 is 45.6 Å². The van der Waals surface area contributed by atoms with Gasteiger partial charge >= 0.3 is 0 Å². The van der Waals surface area contributed by atoms with Crippen molar-refractivity contribution in [1.29, 1.82) is 0 Å². The first kappa shape index (κ1) is 20.1. The lowest BCUT2D eigenvalue weighted by atomic mass is 10.2. The second-order valence-electron chi connectivity index (χ2n) is 6.77. The Morgan fingerprint density at radius 3 is 2.63 bits per heavy atom. The number of aryl methyl sites for hydroxylation is 1. The van der Waals surface area contributed by atoms with Gasteiger partial charge in [-0.15, -0.1) is 0 Å². The molecule has 0 fully saturated rings. The lowest BCUT2D eigenvalue weighted by Gasteiger charge is -2.22. The van der Waals surface area contributed by atoms with Gasteiger partial charge in [0.2, 0.25) is 0 Å². The van der Waals surface area contributed by atoms with Crippen LogP contribution in [0.1, 0.15) is 5.56 Å². The molecule has 3 heterocycles. The summed E-state index contributed by atoms with van der Waals surface area (Å²) in [6.07, 6.45) is 3.23. The summed E-state index contributed by atoms with van der Waals surface area (Å²) in [4.78, 5) is 15.1. The molecule has 30 heavy (non-hydrogen) atoms. The summed E-state index contributed by atoms with van der Waals surface area (Å²) in [5, 5.41) is 33.1. The number of rotatable bonds is 7. The summed E-state index contributed by atoms with van der Waals surface area (Å²) in [7, 11) is 0. The Labute approximate surface area is 177 Å². The number of imidazole rings is 1. The minimum atomic E-state index is -0.112. The highest BCUT2D eigenvalue weighted by Gasteiger charge is 2.18. The molecule has 4 N–H and O–H groups in total. The van der Waals surface area contributed by atoms with Crippen LogP contribution < -0.4 is 10.2 Å². The van der Waals surface area contributed by atoms with E-state index >= 15 is 0 Å². The van der Waals surface area contributed by atoms with Crippen molar-refractivity contribution in [1.82, 2.24) is 19.4 Å². The number of pyridine rings is 1. The molecular weight excluding hydrogens is 408 g/mol. The van der Waals surface area contributed by atoms with Crippen molar-refractivity contribution < 1.29 is 15.3 Å². The van der Waals surface area contributed by atoms with Crippen LogP contribution in [0.5, 0.6) is 5.75 Å². The number of halogens is 1. The third-order valence-corrected chi connectivity index (χ3v) is 5.12. The maximum Gasteiger partial charge on any atom is 0.170 e. The van der Waals surface area contributed by atoms with Crippen molar-refractivity contribution in [3.05, 3.63) is 47.4 Å². The summed E-state index contributed by atoms with van der Waals surface area (Å²) >= 11 is 6.35. The summed E-state index contributed by atoms with van der Waals surface area (Å²) in [5.41, 5.74) is 3.00. The van der Waals surface area contributed by atoms with Gasteiger partial charge in [-0.25, -0.2) is 15.0 Å². The van der Waals surface area contributed by atoms with Gasteiger partial charge in [-0.05, 0) is 18.6 Å². The van der Waals surface area contributed by atoms with Crippen molar-refractivity contribution in [3.63, 3.8) is 0 Å². The largest absolute Gasteiger partial charge is 0.505 e. The first-order valence-corrected chi connectivity index (χ1v) is 9.76. The molecule has 10 heteroatoms. The number of fused-ring (bicyclic) bond motifs is 3. The Kier molecular flexibility index (Phi) is 5.58. The SMILES string of the molecule is Cc1cccc(Cl)c1Nc1nc2c(O)cc(N(CCO)CCO)nc2n2cncc12. The zero-order valence-electron chi connectivity index (χ0n) is 16.2. The summed E-state index contributed by atoms with van der Waals surface area (Å²) < 4.78 is 1.72. The van der Waals surface area contributed by atoms with E-state index in [0.717, 1.165) is 11.3 Å². The number of para-hydroxylation sites is 1. The zero-order chi connectivity index (χ0) is 21.3. The average molecular weight is 429 g/mol. The van der Waals surface area contributed by atoms with E-state index in [4.69, 9.17) is 11.6 Å². The van der Waals surface area contributed by atoms with Gasteiger partial charge < -0.3 is 25.5 Å². The predicted molar refractivity (Wildman–Crippen MR) is 116 cm³/mol. The van der Waals surface area contributed by atoms with Gasteiger partial charge in [-0.2, -0.15) is 0 Å². The molecule has 4 aromatic rings. The molecule has 9 nitrogen and oxygen atoms in total. The van der Waals surface area contributed by atoms with Crippen molar-refractivity contribution in [2.45, 2.75) is 6.92 Å². The highest BCUT2D eigenvalue weighted by molar-refractivity contribution is 6.33. The molecule has 0 bridgehead atoms. The van der Waals surface area contributed by atoms with Crippen molar-refractivity contribution in [3.8, 4) is 5.75 Å². The predicted octanol–water partition coefficient (Wildman–Crippen LogP) is 2.48. The van der Waals surface area contributed by atoms with Gasteiger partial charge in [0.15, 0.2) is 17.0 Å². The fourth-order valence-electron chi connectivity index (χ4n) is 3.33. The molecule has 0 spiro atoms. The van der Waals surface area contributed by atoms with Gasteiger partial charge in [0, 0.05) is 19.2 Å². The van der Waals surface area contributed by atoms with Crippen LogP contribution in [0.3, 0.4) is 0 Å². The van der Waals surface area contributed by atoms with Crippen LogP contribution in [0.15, 0.2) is 36.8 Å². The van der Waals surface area contributed by atoms with E-state index in [2.05, 4.69) is 20.3 Å². The Hall–Kier alpha value is -3.14. The minimum Gasteiger partial charge on any atom is -0.505 e. The van der Waals surface area contributed by atoms with Crippen LogP contribution in [-0.2, 0) is 0 Å². The van der Waals surface area contributed by atoms with Gasteiger partial charge in [0.25, 0.3) is 0 Å². The first-order chi connectivity index (χ1) is 14.5. The molecule has 0 aliphatic carbocycles. The number of aromatic hydroxyl groups is 1. The number of benzene rings is 1. The molecule has 1 aromatic carbocycles. The Morgan fingerprint density at radius 1 is 1.17 bits per heavy atom. The normalized spacial score (nSPS) is 11.3. The van der Waals surface area contributed by atoms with E-state index in [1.54, 1.807) is 27.9 Å². The zero-order valence-corrected chi connectivity index (χ0v) is 17.0. The molecule has 3 aromatic heterocycles. The van der Waals surface area contributed by atoms with E-state index in [9.17, 15) is 15.3 Å². The lowest BCUT2D eigenvalue weighted by molar-refractivity contribution is 0.280. The highest BCUT2D eigenvalue weighted by Crippen LogP contribution is 2.33. The number of hydrogen-bond donors (Lipinski definition) is 4. The molecule has 0 unspecified atom stereocenters. The highest BCUT2D eigenvalue weighted by atomic mass is 35.5. The monoisotopic (exact) mass is 428 g/mol. The molecule has 0 amide bonds. The topological polar surface area (TPSA) is 119 Å². The van der Waals surface area contributed by atoms with Crippen LogP contribution in [0.2, 0.25) is 5.02 Å². The summed E-state index contributed by atoms with van der Waals surface area (Å²) in [5.74, 6) is 0.816. The molecule has 0 saturated heterocycles. The summed E-state index contributed by atoms with van der Waals surface area (Å²) in [6, 6.07) is 7.06. The smallest absolute Gasteiger partial charge is 0.170 e. The first-order valence-electron chi connectivity index (χ1n) is 9.38. The van der Waals surface area contributed by atoms with Crippen LogP contribution in [-0.4, -0.2) is 61.0 Å². The van der Waals surface area contributed by atoms with E-state index < -0.39 is 0 Å². The molecular formula is C20H21ClN6O3. The van der Waals surface area contributed by atoms with E-state index in [1.165, 1.54) is 6.07 Å². The molecule has 0 atom stereocenters. The van der Waals surface area contributed by atoms with Gasteiger partial charge in [0.1, 0.15) is 23.4 Å². The number of nitrogens with one attached hydrogen (secondary N) is 1. The van der Waals surface area contributed by atoms with E-state index in [-0.39, 0.29) is 37.6 Å². The van der Waals surface area contributed by atoms with Crippen molar-refractivity contribution in [2.24, 2.45) is 0 Å². The Balaban J connectivity index is 1.88. The Morgan fingerprint density at radius 2 is 1.93 bits per heavy atom. The van der Waals surface area contributed by atoms with Gasteiger partial charge in [-0.3, -0.25) is 4.40 Å². The fourth-order valence-corrected chi connectivity index (χ4v) is 3.60. The minimum absolute atomic E-state index is 0.0783. The molecule has 0 saturated carbocycles. The average Bonchev–Trinajstić information content (AvgIpc) is 3.21. The van der Waals surface area contributed by atoms with Crippen molar-refractivity contribution in [2.75, 3.05) is 36.5 Å². The van der Waals surface area contributed by atoms with Crippen LogP contribution in [0, 0.1) is 6.92 Å². The number of hydrogen-bond acceptors (Lipinski definition) is 8. The van der Waals surface area contributed by atoms with E-state index in [0.29, 0.717) is 27.8 Å². The van der Waals surface area contributed by atoms with Crippen LogP contribution >= 0.6 is 11.6 Å². The molecule has 0 aliphatic heterocycles. The standard InChI is InChI=1S/C20H21ClN6O3/c1-12-3-2-4-13(21)17(12)24-19-14-10-22-11-27(14)20-18(25-19)15(30)9-16(23-20)26(5-7-28)6-8-29/h2-4,9-11,28-29H,5-8H2,1H3,(H,23,30)(H,24,25). The van der Waals surface area contributed by atoms with E-state index in [1.807, 2.05) is 19.1 Å². The van der Waals surface area contributed by atoms with Crippen LogP contribution in [0.25, 0.3) is 16.7 Å². The number of aliphatic hydroxyl groups is 2. The molecule has 156 valence electrons. The lowest BCUT2D eigenvalue weighted by Crippen LogP contribution is -2.30. The fraction of sp³-hybridized carbons (Fsp3) is 0.250. The number of aromatic nitrogens is 4. The van der Waals surface area contributed by atoms with Gasteiger partial charge in [-0.1, -0.05) is 23.7 Å². The maximum atomic E-state index is 10.7. The number of aliphatic hydroxyl groups excluding tert-OH is 2. The Bertz CT molecular complexity index is 1190. The second-order valence-corrected chi connectivity index (χ2v) is 7.18. The molecule has 4 rings (SSSR count). The summed E-state index contributed by atoms with van der Waals surface area (Å²) in [6.45, 7) is 2.25. The quantitative estimate of drug-likeness (QED) is 0.354. The third kappa shape index (κ3) is 3.58. The molecule has 0 aliphatic rings.